The van der Waals surface area contributed by atoms with Crippen molar-refractivity contribution in [2.24, 2.45) is 0 Å². The number of carbonyl (C=O) groups is 1. The lowest BCUT2D eigenvalue weighted by atomic mass is 10.1. The van der Waals surface area contributed by atoms with Crippen LogP contribution in [0.5, 0.6) is 5.75 Å². The van der Waals surface area contributed by atoms with Crippen LogP contribution in [0.4, 0.5) is 4.39 Å². The number of phenolic OH excluding ortho intramolecular Hbond substituents is 1. The molecule has 1 aromatic rings. The zero-order valence-corrected chi connectivity index (χ0v) is 7.16. The minimum absolute atomic E-state index is 0.195. The van der Waals surface area contributed by atoms with Gasteiger partial charge in [0.05, 0.1) is 0 Å². The first-order valence-corrected chi connectivity index (χ1v) is 4.08. The molecule has 0 fully saturated rings. The minimum Gasteiger partial charge on any atom is -0.508 e. The highest BCUT2D eigenvalue weighted by Crippen LogP contribution is 2.11. The Morgan fingerprint density at radius 1 is 1.31 bits per heavy atom. The Labute approximate surface area is 76.0 Å². The van der Waals surface area contributed by atoms with E-state index in [1.807, 2.05) is 0 Å². The van der Waals surface area contributed by atoms with Crippen LogP contribution in [0, 0.1) is 0 Å². The van der Waals surface area contributed by atoms with Crippen LogP contribution in [0.1, 0.15) is 12.0 Å². The van der Waals surface area contributed by atoms with Crippen molar-refractivity contribution in [1.29, 1.82) is 0 Å². The monoisotopic (exact) mass is 182 g/mol. The van der Waals surface area contributed by atoms with Gasteiger partial charge in [-0.1, -0.05) is 12.1 Å². The van der Waals surface area contributed by atoms with Crippen molar-refractivity contribution in [3.8, 4) is 5.75 Å². The van der Waals surface area contributed by atoms with E-state index in [2.05, 4.69) is 0 Å². The van der Waals surface area contributed by atoms with Gasteiger partial charge in [-0.05, 0) is 24.1 Å². The Morgan fingerprint density at radius 3 is 2.46 bits per heavy atom. The van der Waals surface area contributed by atoms with Gasteiger partial charge in [-0.3, -0.25) is 4.79 Å². The lowest BCUT2D eigenvalue weighted by Gasteiger charge is -1.98. The molecule has 0 radical (unpaired) electrons. The molecule has 0 bridgehead atoms. The van der Waals surface area contributed by atoms with Gasteiger partial charge in [-0.15, -0.1) is 0 Å². The van der Waals surface area contributed by atoms with E-state index in [0.29, 0.717) is 6.42 Å². The summed E-state index contributed by atoms with van der Waals surface area (Å²) in [4.78, 5) is 10.6. The predicted octanol–water partition coefficient (Wildman–Crippen LogP) is 1.86. The van der Waals surface area contributed by atoms with Crippen molar-refractivity contribution in [1.82, 2.24) is 0 Å². The fraction of sp³-hybridized carbons (Fsp3) is 0.300. The third-order valence-electron chi connectivity index (χ3n) is 1.78. The Bertz CT molecular complexity index is 279. The van der Waals surface area contributed by atoms with Gasteiger partial charge >= 0.3 is 0 Å². The number of aryl methyl sites for hydroxylation is 1. The normalized spacial score (nSPS) is 9.92. The van der Waals surface area contributed by atoms with Gasteiger partial charge in [-0.25, -0.2) is 4.39 Å². The molecule has 2 nitrogen and oxygen atoms in total. The first-order chi connectivity index (χ1) is 6.22. The molecule has 0 saturated heterocycles. The van der Waals surface area contributed by atoms with E-state index in [4.69, 9.17) is 5.11 Å². The molecule has 0 spiro atoms. The highest BCUT2D eigenvalue weighted by Gasteiger charge is 2.01. The molecule has 0 aliphatic heterocycles. The summed E-state index contributed by atoms with van der Waals surface area (Å²) in [7, 11) is 0. The van der Waals surface area contributed by atoms with Crippen molar-refractivity contribution in [3.63, 3.8) is 0 Å². The molecule has 3 heteroatoms. The van der Waals surface area contributed by atoms with Crippen LogP contribution in [-0.2, 0) is 11.2 Å². The maximum atomic E-state index is 11.8. The predicted molar refractivity (Wildman–Crippen MR) is 47.4 cm³/mol. The lowest BCUT2D eigenvalue weighted by Crippen LogP contribution is -2.01. The second kappa shape index (κ2) is 4.60. The van der Waals surface area contributed by atoms with Crippen LogP contribution in [0.25, 0.3) is 0 Å². The summed E-state index contributed by atoms with van der Waals surface area (Å²) in [6.07, 6.45) is 0.754. The van der Waals surface area contributed by atoms with Crippen LogP contribution in [-0.4, -0.2) is 17.6 Å². The Hall–Kier alpha value is -1.38. The average molecular weight is 182 g/mol. The minimum atomic E-state index is -0.891. The molecule has 0 aromatic heterocycles. The van der Waals surface area contributed by atoms with Gasteiger partial charge in [0.15, 0.2) is 5.78 Å². The van der Waals surface area contributed by atoms with E-state index >= 15 is 0 Å². The number of rotatable bonds is 4. The number of halogens is 1. The average Bonchev–Trinajstić information content (AvgIpc) is 2.16. The summed E-state index contributed by atoms with van der Waals surface area (Å²) >= 11 is 0. The number of alkyl halides is 1. The van der Waals surface area contributed by atoms with E-state index in [0.717, 1.165) is 5.56 Å². The molecular formula is C10H11FO2. The summed E-state index contributed by atoms with van der Waals surface area (Å²) < 4.78 is 11.8. The second-order valence-electron chi connectivity index (χ2n) is 2.84. The van der Waals surface area contributed by atoms with Crippen LogP contribution < -0.4 is 0 Å². The summed E-state index contributed by atoms with van der Waals surface area (Å²) in [5.41, 5.74) is 0.930. The van der Waals surface area contributed by atoms with Crippen molar-refractivity contribution in [2.75, 3.05) is 6.67 Å². The van der Waals surface area contributed by atoms with Crippen molar-refractivity contribution in [2.45, 2.75) is 12.8 Å². The number of phenols is 1. The quantitative estimate of drug-likeness (QED) is 0.771. The van der Waals surface area contributed by atoms with E-state index < -0.39 is 6.67 Å². The third kappa shape index (κ3) is 3.23. The van der Waals surface area contributed by atoms with Crippen LogP contribution in [0.2, 0.25) is 0 Å². The summed E-state index contributed by atoms with van der Waals surface area (Å²) in [6, 6.07) is 6.55. The largest absolute Gasteiger partial charge is 0.508 e. The number of aromatic hydroxyl groups is 1. The number of hydrogen-bond acceptors (Lipinski definition) is 2. The smallest absolute Gasteiger partial charge is 0.164 e. The summed E-state index contributed by atoms with van der Waals surface area (Å²) in [5, 5.41) is 8.95. The zero-order valence-electron chi connectivity index (χ0n) is 7.16. The fourth-order valence-corrected chi connectivity index (χ4v) is 1.01. The highest BCUT2D eigenvalue weighted by atomic mass is 19.1. The van der Waals surface area contributed by atoms with Crippen molar-refractivity contribution >= 4 is 5.78 Å². The highest BCUT2D eigenvalue weighted by molar-refractivity contribution is 5.79. The lowest BCUT2D eigenvalue weighted by molar-refractivity contribution is -0.119. The van der Waals surface area contributed by atoms with E-state index in [1.54, 1.807) is 24.3 Å². The van der Waals surface area contributed by atoms with E-state index in [9.17, 15) is 9.18 Å². The number of hydrogen-bond donors (Lipinski definition) is 1. The Kier molecular flexibility index (Phi) is 3.43. The van der Waals surface area contributed by atoms with Gasteiger partial charge in [0, 0.05) is 6.42 Å². The molecule has 0 heterocycles. The Balaban J connectivity index is 2.46. The zero-order chi connectivity index (χ0) is 9.68. The molecule has 13 heavy (non-hydrogen) atoms. The van der Waals surface area contributed by atoms with Crippen molar-refractivity contribution in [3.05, 3.63) is 29.8 Å². The van der Waals surface area contributed by atoms with Crippen LogP contribution in [0.15, 0.2) is 24.3 Å². The van der Waals surface area contributed by atoms with Gasteiger partial charge in [0.2, 0.25) is 0 Å². The van der Waals surface area contributed by atoms with Crippen molar-refractivity contribution < 1.29 is 14.3 Å². The number of ketones is 1. The van der Waals surface area contributed by atoms with Crippen LogP contribution in [0.3, 0.4) is 0 Å². The van der Waals surface area contributed by atoms with Gasteiger partial charge in [0.1, 0.15) is 12.4 Å². The SMILES string of the molecule is O=C(CF)CCc1ccc(O)cc1. The summed E-state index contributed by atoms with van der Waals surface area (Å²) in [5.74, 6) is -0.186. The molecule has 1 N–H and O–H groups in total. The molecule has 1 aromatic carbocycles. The van der Waals surface area contributed by atoms with Gasteiger partial charge in [-0.2, -0.15) is 0 Å². The molecule has 1 rings (SSSR count). The molecule has 0 unspecified atom stereocenters. The van der Waals surface area contributed by atoms with E-state index in [-0.39, 0.29) is 18.0 Å². The van der Waals surface area contributed by atoms with Crippen LogP contribution >= 0.6 is 0 Å². The molecule has 0 amide bonds. The van der Waals surface area contributed by atoms with Gasteiger partial charge < -0.3 is 5.11 Å². The molecule has 0 aliphatic rings. The maximum Gasteiger partial charge on any atom is 0.164 e. The van der Waals surface area contributed by atoms with E-state index in [1.165, 1.54) is 0 Å². The fourth-order valence-electron chi connectivity index (χ4n) is 1.01. The molecule has 0 atom stereocenters. The molecule has 70 valence electrons. The molecule has 0 aliphatic carbocycles. The molecular weight excluding hydrogens is 171 g/mol. The maximum absolute atomic E-state index is 11.8. The topological polar surface area (TPSA) is 37.3 Å². The first kappa shape index (κ1) is 9.71. The Morgan fingerprint density at radius 2 is 1.92 bits per heavy atom. The summed E-state index contributed by atoms with van der Waals surface area (Å²) in [6.45, 7) is -0.891. The number of benzene rings is 1. The standard InChI is InChI=1S/C10H11FO2/c11-7-10(13)6-3-8-1-4-9(12)5-2-8/h1-2,4-5,12H,3,6-7H2. The number of Topliss-reactive ketones (excluding diaryl/α,β-unsaturated/α-hetero) is 1. The third-order valence-corrected chi connectivity index (χ3v) is 1.78. The number of carbonyl (C=O) groups excluding carboxylic acids is 1. The molecule has 0 saturated carbocycles. The second-order valence-corrected chi connectivity index (χ2v) is 2.84. The van der Waals surface area contributed by atoms with Gasteiger partial charge in [0.25, 0.3) is 0 Å². The first-order valence-electron chi connectivity index (χ1n) is 4.08.